The molecule has 2 heteroatoms. The molecule has 2 rings (SSSR count). The molecule has 2 aliphatic rings. The summed E-state index contributed by atoms with van der Waals surface area (Å²) < 4.78 is 0. The van der Waals surface area contributed by atoms with Crippen molar-refractivity contribution < 1.29 is 9.90 Å². The predicted molar refractivity (Wildman–Crippen MR) is 59.5 cm³/mol. The Morgan fingerprint density at radius 3 is 2.67 bits per heavy atom. The van der Waals surface area contributed by atoms with E-state index >= 15 is 0 Å². The zero-order chi connectivity index (χ0) is 10.9. The maximum Gasteiger partial charge on any atom is 0.126 e. The Balaban J connectivity index is 2.12. The van der Waals surface area contributed by atoms with Crippen molar-refractivity contribution in [2.45, 2.75) is 58.0 Å². The van der Waals surface area contributed by atoms with Gasteiger partial charge in [0.15, 0.2) is 0 Å². The van der Waals surface area contributed by atoms with Gasteiger partial charge in [0.1, 0.15) is 6.29 Å². The number of aldehydes is 1. The van der Waals surface area contributed by atoms with E-state index in [2.05, 4.69) is 6.92 Å². The Hall–Kier alpha value is -0.370. The average molecular weight is 210 g/mol. The summed E-state index contributed by atoms with van der Waals surface area (Å²) in [4.78, 5) is 11.4. The number of carbonyl (C=O) groups excluding carboxylic acids is 1. The van der Waals surface area contributed by atoms with E-state index in [0.717, 1.165) is 32.1 Å². The van der Waals surface area contributed by atoms with E-state index in [4.69, 9.17) is 0 Å². The monoisotopic (exact) mass is 210 g/mol. The highest BCUT2D eigenvalue weighted by Gasteiger charge is 2.48. The highest BCUT2D eigenvalue weighted by Crippen LogP contribution is 2.51. The Labute approximate surface area is 92.1 Å². The lowest BCUT2D eigenvalue weighted by Gasteiger charge is -2.32. The molecule has 0 aromatic rings. The minimum atomic E-state index is -0.217. The van der Waals surface area contributed by atoms with Gasteiger partial charge in [0.2, 0.25) is 0 Å². The van der Waals surface area contributed by atoms with Crippen molar-refractivity contribution in [3.8, 4) is 0 Å². The van der Waals surface area contributed by atoms with E-state index < -0.39 is 0 Å². The maximum atomic E-state index is 11.4. The molecule has 0 bridgehead atoms. The van der Waals surface area contributed by atoms with Gasteiger partial charge >= 0.3 is 0 Å². The predicted octanol–water partition coefficient (Wildman–Crippen LogP) is 2.54. The first-order valence-corrected chi connectivity index (χ1v) is 6.36. The summed E-state index contributed by atoms with van der Waals surface area (Å²) in [6.45, 7) is 2.20. The zero-order valence-corrected chi connectivity index (χ0v) is 9.61. The number of aliphatic hydroxyl groups is 1. The van der Waals surface area contributed by atoms with Crippen LogP contribution in [0.25, 0.3) is 0 Å². The largest absolute Gasteiger partial charge is 0.393 e. The van der Waals surface area contributed by atoms with Crippen molar-refractivity contribution in [1.82, 2.24) is 0 Å². The summed E-state index contributed by atoms with van der Waals surface area (Å²) in [5, 5.41) is 9.95. The number of carbonyl (C=O) groups is 1. The third-order valence-corrected chi connectivity index (χ3v) is 4.72. The molecule has 0 spiro atoms. The first-order valence-electron chi connectivity index (χ1n) is 6.36. The first-order chi connectivity index (χ1) is 7.22. The maximum absolute atomic E-state index is 11.4. The second kappa shape index (κ2) is 4.25. The molecule has 0 aromatic carbocycles. The third kappa shape index (κ3) is 1.84. The second-order valence-corrected chi connectivity index (χ2v) is 5.47. The van der Waals surface area contributed by atoms with E-state index in [1.54, 1.807) is 0 Å². The van der Waals surface area contributed by atoms with Gasteiger partial charge in [0.25, 0.3) is 0 Å². The molecule has 86 valence electrons. The van der Waals surface area contributed by atoms with Gasteiger partial charge in [-0.15, -0.1) is 0 Å². The van der Waals surface area contributed by atoms with Crippen LogP contribution in [0.2, 0.25) is 0 Å². The summed E-state index contributed by atoms with van der Waals surface area (Å²) >= 11 is 0. The molecule has 0 saturated heterocycles. The summed E-state index contributed by atoms with van der Waals surface area (Å²) in [5.41, 5.74) is -0.170. The van der Waals surface area contributed by atoms with Gasteiger partial charge in [-0.2, -0.15) is 0 Å². The summed E-state index contributed by atoms with van der Waals surface area (Å²) in [5.74, 6) is 0.967. The van der Waals surface area contributed by atoms with Crippen molar-refractivity contribution in [2.75, 3.05) is 0 Å². The summed E-state index contributed by atoms with van der Waals surface area (Å²) in [6.07, 6.45) is 8.39. The summed E-state index contributed by atoms with van der Waals surface area (Å²) in [7, 11) is 0. The van der Waals surface area contributed by atoms with Gasteiger partial charge < -0.3 is 9.90 Å². The molecule has 2 fully saturated rings. The molecule has 4 atom stereocenters. The second-order valence-electron chi connectivity index (χ2n) is 5.47. The van der Waals surface area contributed by atoms with Gasteiger partial charge in [0, 0.05) is 5.41 Å². The van der Waals surface area contributed by atoms with Crippen LogP contribution in [0.4, 0.5) is 0 Å². The van der Waals surface area contributed by atoms with E-state index in [1.165, 1.54) is 19.1 Å². The first kappa shape index (κ1) is 11.1. The zero-order valence-electron chi connectivity index (χ0n) is 9.61. The topological polar surface area (TPSA) is 37.3 Å². The SMILES string of the molecule is CCC1CCC(C=O)(C2CCCC2O)C1. The normalized spacial score (nSPS) is 45.9. The van der Waals surface area contributed by atoms with Crippen LogP contribution in [0.15, 0.2) is 0 Å². The molecule has 4 unspecified atom stereocenters. The Kier molecular flexibility index (Phi) is 3.15. The third-order valence-electron chi connectivity index (χ3n) is 4.72. The molecular weight excluding hydrogens is 188 g/mol. The fraction of sp³-hybridized carbons (Fsp3) is 0.923. The molecule has 0 aliphatic heterocycles. The molecule has 0 amide bonds. The van der Waals surface area contributed by atoms with Crippen LogP contribution in [-0.4, -0.2) is 17.5 Å². The van der Waals surface area contributed by atoms with Crippen molar-refractivity contribution in [2.24, 2.45) is 17.3 Å². The highest BCUT2D eigenvalue weighted by atomic mass is 16.3. The number of rotatable bonds is 3. The molecule has 1 N–H and O–H groups in total. The Bertz CT molecular complexity index is 239. The van der Waals surface area contributed by atoms with Gasteiger partial charge in [-0.25, -0.2) is 0 Å². The van der Waals surface area contributed by atoms with Crippen LogP contribution >= 0.6 is 0 Å². The van der Waals surface area contributed by atoms with Crippen molar-refractivity contribution >= 4 is 6.29 Å². The van der Waals surface area contributed by atoms with Crippen LogP contribution in [0, 0.1) is 17.3 Å². The van der Waals surface area contributed by atoms with E-state index in [1.807, 2.05) is 0 Å². The van der Waals surface area contributed by atoms with Crippen LogP contribution in [0.5, 0.6) is 0 Å². The molecular formula is C13H22O2. The lowest BCUT2D eigenvalue weighted by atomic mass is 9.72. The van der Waals surface area contributed by atoms with E-state index in [9.17, 15) is 9.90 Å². The quantitative estimate of drug-likeness (QED) is 0.727. The Morgan fingerprint density at radius 2 is 2.20 bits per heavy atom. The standard InChI is InChI=1S/C13H22O2/c1-2-10-6-7-13(8-10,9-14)11-4-3-5-12(11)15/h9-12,15H,2-8H2,1H3. The molecule has 15 heavy (non-hydrogen) atoms. The van der Waals surface area contributed by atoms with E-state index in [-0.39, 0.29) is 17.4 Å². The Morgan fingerprint density at radius 1 is 1.40 bits per heavy atom. The smallest absolute Gasteiger partial charge is 0.126 e. The average Bonchev–Trinajstić information content (AvgIpc) is 2.84. The van der Waals surface area contributed by atoms with Gasteiger partial charge in [-0.1, -0.05) is 19.8 Å². The molecule has 0 radical (unpaired) electrons. The lowest BCUT2D eigenvalue weighted by Crippen LogP contribution is -2.34. The minimum absolute atomic E-state index is 0.170. The lowest BCUT2D eigenvalue weighted by molar-refractivity contribution is -0.121. The summed E-state index contributed by atoms with van der Waals surface area (Å²) in [6, 6.07) is 0. The number of hydrogen-bond acceptors (Lipinski definition) is 2. The van der Waals surface area contributed by atoms with Gasteiger partial charge in [-0.3, -0.25) is 0 Å². The van der Waals surface area contributed by atoms with Crippen LogP contribution in [0.1, 0.15) is 51.9 Å². The molecule has 2 nitrogen and oxygen atoms in total. The number of aliphatic hydroxyl groups excluding tert-OH is 1. The fourth-order valence-corrected chi connectivity index (χ4v) is 3.71. The van der Waals surface area contributed by atoms with Crippen molar-refractivity contribution in [1.29, 1.82) is 0 Å². The molecule has 2 saturated carbocycles. The van der Waals surface area contributed by atoms with Crippen LogP contribution < -0.4 is 0 Å². The number of hydrogen-bond donors (Lipinski definition) is 1. The van der Waals surface area contributed by atoms with Gasteiger partial charge in [-0.05, 0) is 43.9 Å². The molecule has 0 aromatic heterocycles. The van der Waals surface area contributed by atoms with Gasteiger partial charge in [0.05, 0.1) is 6.10 Å². The van der Waals surface area contributed by atoms with E-state index in [0.29, 0.717) is 5.92 Å². The highest BCUT2D eigenvalue weighted by molar-refractivity contribution is 5.61. The van der Waals surface area contributed by atoms with Crippen LogP contribution in [0.3, 0.4) is 0 Å². The van der Waals surface area contributed by atoms with Crippen molar-refractivity contribution in [3.63, 3.8) is 0 Å². The van der Waals surface area contributed by atoms with Crippen LogP contribution in [-0.2, 0) is 4.79 Å². The molecule has 2 aliphatic carbocycles. The minimum Gasteiger partial charge on any atom is -0.393 e. The fourth-order valence-electron chi connectivity index (χ4n) is 3.71. The molecule has 0 heterocycles. The van der Waals surface area contributed by atoms with Crippen molar-refractivity contribution in [3.05, 3.63) is 0 Å².